The number of carbonyl (C=O) groups excluding carboxylic acids is 1. The summed E-state index contributed by atoms with van der Waals surface area (Å²) in [7, 11) is 0. The summed E-state index contributed by atoms with van der Waals surface area (Å²) in [6.45, 7) is 4.70. The molecule has 3 rings (SSSR count). The van der Waals surface area contributed by atoms with Crippen molar-refractivity contribution in [1.29, 1.82) is 0 Å². The number of likely N-dealkylation sites (tertiary alicyclic amines) is 1. The van der Waals surface area contributed by atoms with E-state index in [9.17, 15) is 14.7 Å². The highest BCUT2D eigenvalue weighted by atomic mass is 16.5. The van der Waals surface area contributed by atoms with Crippen LogP contribution >= 0.6 is 0 Å². The van der Waals surface area contributed by atoms with Crippen molar-refractivity contribution < 1.29 is 24.3 Å². The second kappa shape index (κ2) is 8.10. The third kappa shape index (κ3) is 4.39. The zero-order chi connectivity index (χ0) is 20.3. The van der Waals surface area contributed by atoms with E-state index >= 15 is 0 Å². The summed E-state index contributed by atoms with van der Waals surface area (Å²) >= 11 is 0. The fourth-order valence-electron chi connectivity index (χ4n) is 3.20. The Bertz CT molecular complexity index is 836. The van der Waals surface area contributed by atoms with Gasteiger partial charge in [-0.1, -0.05) is 43.3 Å². The van der Waals surface area contributed by atoms with Crippen molar-refractivity contribution in [1.82, 2.24) is 15.0 Å². The Kier molecular flexibility index (Phi) is 5.79. The van der Waals surface area contributed by atoms with Gasteiger partial charge in [-0.05, 0) is 11.5 Å². The Morgan fingerprint density at radius 2 is 1.86 bits per heavy atom. The molecule has 0 unspecified atom stereocenters. The molecule has 1 fully saturated rings. The fraction of sp³-hybridized carbons (Fsp3) is 0.500. The molecular weight excluding hydrogens is 362 g/mol. The van der Waals surface area contributed by atoms with Crippen molar-refractivity contribution in [3.63, 3.8) is 0 Å². The summed E-state index contributed by atoms with van der Waals surface area (Å²) in [4.78, 5) is 29.3. The van der Waals surface area contributed by atoms with Crippen LogP contribution in [0.15, 0.2) is 28.8 Å². The first-order valence-corrected chi connectivity index (χ1v) is 9.45. The second-order valence-corrected chi connectivity index (χ2v) is 7.51. The molecule has 150 valence electrons. The van der Waals surface area contributed by atoms with Gasteiger partial charge in [0.1, 0.15) is 0 Å². The Hall–Kier alpha value is -2.74. The van der Waals surface area contributed by atoms with E-state index in [4.69, 9.17) is 9.63 Å². The van der Waals surface area contributed by atoms with Gasteiger partial charge in [-0.15, -0.1) is 0 Å². The molecule has 1 aromatic heterocycles. The number of benzene rings is 1. The topological polar surface area (TPSA) is 117 Å². The van der Waals surface area contributed by atoms with Crippen molar-refractivity contribution in [2.24, 2.45) is 0 Å². The summed E-state index contributed by atoms with van der Waals surface area (Å²) in [5.41, 5.74) is 0.354. The van der Waals surface area contributed by atoms with Gasteiger partial charge in [0.05, 0.1) is 0 Å². The van der Waals surface area contributed by atoms with Crippen LogP contribution in [-0.2, 0) is 16.0 Å². The lowest BCUT2D eigenvalue weighted by Gasteiger charge is -2.35. The molecule has 0 spiro atoms. The first kappa shape index (κ1) is 20.0. The quantitative estimate of drug-likeness (QED) is 0.780. The largest absolute Gasteiger partial charge is 0.479 e. The molecule has 0 radical (unpaired) electrons. The molecule has 1 amide bonds. The maximum atomic E-state index is 12.3. The molecule has 8 nitrogen and oxygen atoms in total. The Balaban J connectivity index is 1.53. The number of aliphatic carboxylic acids is 1. The third-order valence-electron chi connectivity index (χ3n) is 5.20. The standard InChI is InChI=1S/C20H25N3O5/c1-13(2)14-3-5-15(6-4-14)18-21-16(28-22-18)7-8-17(24)23-11-9-20(27,10-12-23)19(25)26/h3-6,13,27H,7-12H2,1-2H3,(H,25,26). The predicted octanol–water partition coefficient (Wildman–Crippen LogP) is 2.23. The molecule has 0 saturated carbocycles. The van der Waals surface area contributed by atoms with Gasteiger partial charge < -0.3 is 19.6 Å². The number of hydrogen-bond acceptors (Lipinski definition) is 6. The second-order valence-electron chi connectivity index (χ2n) is 7.51. The van der Waals surface area contributed by atoms with E-state index in [-0.39, 0.29) is 38.3 Å². The minimum Gasteiger partial charge on any atom is -0.479 e. The number of nitrogens with zero attached hydrogens (tertiary/aromatic N) is 3. The van der Waals surface area contributed by atoms with E-state index in [2.05, 4.69) is 24.0 Å². The normalized spacial score (nSPS) is 16.4. The fourth-order valence-corrected chi connectivity index (χ4v) is 3.20. The molecule has 2 heterocycles. The third-order valence-corrected chi connectivity index (χ3v) is 5.20. The van der Waals surface area contributed by atoms with Crippen molar-refractivity contribution in [3.8, 4) is 11.4 Å². The maximum Gasteiger partial charge on any atom is 0.335 e. The Morgan fingerprint density at radius 3 is 2.43 bits per heavy atom. The van der Waals surface area contributed by atoms with Crippen LogP contribution in [0, 0.1) is 0 Å². The van der Waals surface area contributed by atoms with Crippen LogP contribution in [0.1, 0.15) is 50.5 Å². The summed E-state index contributed by atoms with van der Waals surface area (Å²) in [6, 6.07) is 7.97. The number of aromatic nitrogens is 2. The lowest BCUT2D eigenvalue weighted by molar-refractivity contribution is -0.165. The average Bonchev–Trinajstić information content (AvgIpc) is 3.15. The lowest BCUT2D eigenvalue weighted by atomic mass is 9.91. The van der Waals surface area contributed by atoms with E-state index in [1.807, 2.05) is 24.3 Å². The van der Waals surface area contributed by atoms with Gasteiger partial charge >= 0.3 is 5.97 Å². The van der Waals surface area contributed by atoms with E-state index < -0.39 is 11.6 Å². The lowest BCUT2D eigenvalue weighted by Crippen LogP contribution is -2.50. The van der Waals surface area contributed by atoms with Crippen molar-refractivity contribution in [2.75, 3.05) is 13.1 Å². The molecule has 1 aliphatic rings. The van der Waals surface area contributed by atoms with Crippen LogP contribution in [0.4, 0.5) is 0 Å². The average molecular weight is 387 g/mol. The number of piperidine rings is 1. The van der Waals surface area contributed by atoms with E-state index in [0.717, 1.165) is 5.56 Å². The Morgan fingerprint density at radius 1 is 1.21 bits per heavy atom. The molecule has 1 aliphatic heterocycles. The minimum absolute atomic E-state index is 0.0329. The maximum absolute atomic E-state index is 12.3. The highest BCUT2D eigenvalue weighted by Gasteiger charge is 2.40. The highest BCUT2D eigenvalue weighted by molar-refractivity contribution is 5.79. The highest BCUT2D eigenvalue weighted by Crippen LogP contribution is 2.24. The van der Waals surface area contributed by atoms with Gasteiger partial charge in [0.15, 0.2) is 5.60 Å². The molecule has 1 saturated heterocycles. The Labute approximate surface area is 163 Å². The number of carboxylic acid groups (broad SMARTS) is 1. The molecule has 0 aliphatic carbocycles. The zero-order valence-electron chi connectivity index (χ0n) is 16.1. The van der Waals surface area contributed by atoms with Gasteiger partial charge in [-0.2, -0.15) is 4.98 Å². The van der Waals surface area contributed by atoms with Gasteiger partial charge in [-0.25, -0.2) is 4.79 Å². The number of aryl methyl sites for hydroxylation is 1. The molecule has 28 heavy (non-hydrogen) atoms. The summed E-state index contributed by atoms with van der Waals surface area (Å²) < 4.78 is 5.25. The van der Waals surface area contributed by atoms with Gasteiger partial charge in [-0.3, -0.25) is 4.79 Å². The van der Waals surface area contributed by atoms with Crippen LogP contribution < -0.4 is 0 Å². The van der Waals surface area contributed by atoms with Crippen LogP contribution in [0.2, 0.25) is 0 Å². The van der Waals surface area contributed by atoms with Gasteiger partial charge in [0.25, 0.3) is 0 Å². The SMILES string of the molecule is CC(C)c1ccc(-c2noc(CCC(=O)N3CCC(O)(C(=O)O)CC3)n2)cc1. The molecule has 0 atom stereocenters. The van der Waals surface area contributed by atoms with Crippen LogP contribution in [0.5, 0.6) is 0 Å². The number of rotatable bonds is 6. The summed E-state index contributed by atoms with van der Waals surface area (Å²) in [6.07, 6.45) is 0.575. The van der Waals surface area contributed by atoms with Crippen LogP contribution in [0.25, 0.3) is 11.4 Å². The number of carbonyl (C=O) groups is 2. The molecule has 0 bridgehead atoms. The van der Waals surface area contributed by atoms with Crippen molar-refractivity contribution >= 4 is 11.9 Å². The van der Waals surface area contributed by atoms with Crippen LogP contribution in [0.3, 0.4) is 0 Å². The molecule has 2 aromatic rings. The van der Waals surface area contributed by atoms with Crippen LogP contribution in [-0.4, -0.2) is 55.8 Å². The minimum atomic E-state index is -1.73. The number of hydrogen-bond donors (Lipinski definition) is 2. The number of amides is 1. The zero-order valence-corrected chi connectivity index (χ0v) is 16.1. The smallest absolute Gasteiger partial charge is 0.335 e. The monoisotopic (exact) mass is 387 g/mol. The van der Waals surface area contributed by atoms with Crippen molar-refractivity contribution in [3.05, 3.63) is 35.7 Å². The molecular formula is C20H25N3O5. The van der Waals surface area contributed by atoms with E-state index in [0.29, 0.717) is 24.1 Å². The molecule has 8 heteroatoms. The first-order chi connectivity index (χ1) is 13.3. The first-order valence-electron chi connectivity index (χ1n) is 9.45. The summed E-state index contributed by atoms with van der Waals surface area (Å²) in [5, 5.41) is 23.0. The summed E-state index contributed by atoms with van der Waals surface area (Å²) in [5.74, 6) is -0.0346. The van der Waals surface area contributed by atoms with E-state index in [1.54, 1.807) is 4.90 Å². The van der Waals surface area contributed by atoms with Gasteiger partial charge in [0.2, 0.25) is 17.6 Å². The number of aliphatic hydroxyl groups is 1. The number of carboxylic acids is 1. The molecule has 1 aromatic carbocycles. The van der Waals surface area contributed by atoms with E-state index in [1.165, 1.54) is 5.56 Å². The van der Waals surface area contributed by atoms with Gasteiger partial charge in [0, 0.05) is 44.3 Å². The predicted molar refractivity (Wildman–Crippen MR) is 101 cm³/mol. The molecule has 2 N–H and O–H groups in total. The van der Waals surface area contributed by atoms with Crippen molar-refractivity contribution in [2.45, 2.75) is 51.0 Å².